The summed E-state index contributed by atoms with van der Waals surface area (Å²) in [6.45, 7) is 0. The summed E-state index contributed by atoms with van der Waals surface area (Å²) in [4.78, 5) is 0. The number of halogens is 2. The summed E-state index contributed by atoms with van der Waals surface area (Å²) in [6.07, 6.45) is -0.814. The molecule has 94 valence electrons. The van der Waals surface area contributed by atoms with Gasteiger partial charge < -0.3 is 9.84 Å². The van der Waals surface area contributed by atoms with E-state index in [-0.39, 0.29) is 0 Å². The number of para-hydroxylation sites is 1. The summed E-state index contributed by atoms with van der Waals surface area (Å²) in [6, 6.07) is 12.7. The number of aliphatic hydroxyl groups excluding tert-OH is 1. The Morgan fingerprint density at radius 1 is 1.17 bits per heavy atom. The third-order valence-corrected chi connectivity index (χ3v) is 3.52. The molecule has 0 saturated heterocycles. The van der Waals surface area contributed by atoms with Crippen molar-refractivity contribution in [3.05, 3.63) is 63.1 Å². The zero-order chi connectivity index (χ0) is 13.1. The van der Waals surface area contributed by atoms with E-state index in [1.165, 1.54) is 0 Å². The topological polar surface area (TPSA) is 29.5 Å². The van der Waals surface area contributed by atoms with Crippen molar-refractivity contribution < 1.29 is 9.84 Å². The Balaban J connectivity index is 2.47. The highest BCUT2D eigenvalue weighted by Crippen LogP contribution is 2.34. The number of benzene rings is 2. The first kappa shape index (κ1) is 13.4. The van der Waals surface area contributed by atoms with Gasteiger partial charge in [0.05, 0.1) is 7.11 Å². The van der Waals surface area contributed by atoms with Crippen molar-refractivity contribution in [3.8, 4) is 5.75 Å². The van der Waals surface area contributed by atoms with E-state index in [2.05, 4.69) is 15.9 Å². The number of methoxy groups -OCH3 is 1. The van der Waals surface area contributed by atoms with E-state index in [1.54, 1.807) is 19.2 Å². The van der Waals surface area contributed by atoms with Crippen molar-refractivity contribution in [2.75, 3.05) is 7.11 Å². The molecular weight excluding hydrogens is 316 g/mol. The second-order valence-electron chi connectivity index (χ2n) is 3.81. The highest BCUT2D eigenvalue weighted by molar-refractivity contribution is 9.10. The van der Waals surface area contributed by atoms with Gasteiger partial charge in [0.15, 0.2) is 0 Å². The average Bonchev–Trinajstić information content (AvgIpc) is 2.40. The average molecular weight is 328 g/mol. The maximum atomic E-state index is 10.4. The molecule has 1 N–H and O–H groups in total. The molecule has 2 aromatic rings. The second kappa shape index (κ2) is 5.74. The summed E-state index contributed by atoms with van der Waals surface area (Å²) in [5, 5.41) is 10.9. The SMILES string of the molecule is COc1ccccc1C(O)c1cc(Br)ccc1Cl. The summed E-state index contributed by atoms with van der Waals surface area (Å²) in [7, 11) is 1.58. The van der Waals surface area contributed by atoms with Crippen molar-refractivity contribution in [3.63, 3.8) is 0 Å². The van der Waals surface area contributed by atoms with Crippen LogP contribution in [0.5, 0.6) is 5.75 Å². The van der Waals surface area contributed by atoms with Gasteiger partial charge in [-0.1, -0.05) is 45.7 Å². The number of hydrogen-bond donors (Lipinski definition) is 1. The van der Waals surface area contributed by atoms with Crippen molar-refractivity contribution >= 4 is 27.5 Å². The molecule has 0 fully saturated rings. The molecule has 0 radical (unpaired) electrons. The van der Waals surface area contributed by atoms with Gasteiger partial charge in [0.2, 0.25) is 0 Å². The number of ether oxygens (including phenoxy) is 1. The maximum Gasteiger partial charge on any atom is 0.125 e. The van der Waals surface area contributed by atoms with Gasteiger partial charge in [-0.3, -0.25) is 0 Å². The first-order valence-electron chi connectivity index (χ1n) is 5.39. The molecule has 0 aliphatic rings. The van der Waals surface area contributed by atoms with Crippen LogP contribution in [0, 0.1) is 0 Å². The molecule has 2 nitrogen and oxygen atoms in total. The standard InChI is InChI=1S/C14H12BrClO2/c1-18-13-5-3-2-4-10(13)14(17)11-8-9(15)6-7-12(11)16/h2-8,14,17H,1H3. The Morgan fingerprint density at radius 2 is 1.89 bits per heavy atom. The van der Waals surface area contributed by atoms with E-state index >= 15 is 0 Å². The molecule has 0 aromatic heterocycles. The summed E-state index contributed by atoms with van der Waals surface area (Å²) >= 11 is 9.49. The predicted octanol–water partition coefficient (Wildman–Crippen LogP) is 4.19. The van der Waals surface area contributed by atoms with E-state index in [1.807, 2.05) is 30.3 Å². The lowest BCUT2D eigenvalue weighted by molar-refractivity contribution is 0.215. The minimum absolute atomic E-state index is 0.525. The predicted molar refractivity (Wildman–Crippen MR) is 76.2 cm³/mol. The van der Waals surface area contributed by atoms with Crippen LogP contribution in [0.1, 0.15) is 17.2 Å². The van der Waals surface area contributed by atoms with E-state index < -0.39 is 6.10 Å². The summed E-state index contributed by atoms with van der Waals surface area (Å²) < 4.78 is 6.11. The van der Waals surface area contributed by atoms with Gasteiger partial charge in [-0.2, -0.15) is 0 Å². The lowest BCUT2D eigenvalue weighted by Crippen LogP contribution is -2.03. The molecule has 0 aliphatic carbocycles. The fourth-order valence-electron chi connectivity index (χ4n) is 1.78. The monoisotopic (exact) mass is 326 g/mol. The lowest BCUT2D eigenvalue weighted by Gasteiger charge is -2.16. The first-order valence-corrected chi connectivity index (χ1v) is 6.56. The van der Waals surface area contributed by atoms with Crippen LogP contribution >= 0.6 is 27.5 Å². The van der Waals surface area contributed by atoms with Crippen molar-refractivity contribution in [1.82, 2.24) is 0 Å². The summed E-state index contributed by atoms with van der Waals surface area (Å²) in [5.74, 6) is 0.640. The highest BCUT2D eigenvalue weighted by Gasteiger charge is 2.17. The molecule has 18 heavy (non-hydrogen) atoms. The Labute approximate surface area is 119 Å². The van der Waals surface area contributed by atoms with Crippen LogP contribution in [0.4, 0.5) is 0 Å². The number of aliphatic hydroxyl groups is 1. The second-order valence-corrected chi connectivity index (χ2v) is 5.13. The molecule has 0 amide bonds. The highest BCUT2D eigenvalue weighted by atomic mass is 79.9. The van der Waals surface area contributed by atoms with Crippen LogP contribution in [-0.4, -0.2) is 12.2 Å². The zero-order valence-corrected chi connectivity index (χ0v) is 12.1. The molecule has 0 aliphatic heterocycles. The van der Waals surface area contributed by atoms with E-state index in [0.717, 1.165) is 4.47 Å². The Kier molecular flexibility index (Phi) is 4.27. The van der Waals surface area contributed by atoms with Crippen LogP contribution < -0.4 is 4.74 Å². The van der Waals surface area contributed by atoms with Gasteiger partial charge in [-0.25, -0.2) is 0 Å². The fourth-order valence-corrected chi connectivity index (χ4v) is 2.38. The smallest absolute Gasteiger partial charge is 0.125 e. The molecule has 0 bridgehead atoms. The minimum Gasteiger partial charge on any atom is -0.496 e. The molecule has 1 atom stereocenters. The van der Waals surface area contributed by atoms with Crippen LogP contribution in [0.3, 0.4) is 0 Å². The molecule has 4 heteroatoms. The van der Waals surface area contributed by atoms with Gasteiger partial charge in [-0.05, 0) is 24.3 Å². The number of rotatable bonds is 3. The van der Waals surface area contributed by atoms with Gasteiger partial charge in [0, 0.05) is 20.6 Å². The quantitative estimate of drug-likeness (QED) is 0.916. The lowest BCUT2D eigenvalue weighted by atomic mass is 10.0. The van der Waals surface area contributed by atoms with E-state index in [4.69, 9.17) is 16.3 Å². The molecule has 2 aromatic carbocycles. The normalized spacial score (nSPS) is 12.2. The van der Waals surface area contributed by atoms with Crippen LogP contribution in [0.25, 0.3) is 0 Å². The number of hydrogen-bond acceptors (Lipinski definition) is 2. The third kappa shape index (κ3) is 2.69. The Morgan fingerprint density at radius 3 is 2.61 bits per heavy atom. The first-order chi connectivity index (χ1) is 8.63. The Hall–Kier alpha value is -1.03. The van der Waals surface area contributed by atoms with Gasteiger partial charge >= 0.3 is 0 Å². The van der Waals surface area contributed by atoms with E-state index in [0.29, 0.717) is 21.9 Å². The molecule has 1 unspecified atom stereocenters. The maximum absolute atomic E-state index is 10.4. The third-order valence-electron chi connectivity index (χ3n) is 2.69. The zero-order valence-electron chi connectivity index (χ0n) is 9.73. The van der Waals surface area contributed by atoms with Crippen molar-refractivity contribution in [2.24, 2.45) is 0 Å². The largest absolute Gasteiger partial charge is 0.496 e. The van der Waals surface area contributed by atoms with Gasteiger partial charge in [-0.15, -0.1) is 0 Å². The van der Waals surface area contributed by atoms with Crippen LogP contribution in [0.15, 0.2) is 46.9 Å². The van der Waals surface area contributed by atoms with Gasteiger partial charge in [0.1, 0.15) is 11.9 Å². The van der Waals surface area contributed by atoms with Crippen molar-refractivity contribution in [2.45, 2.75) is 6.10 Å². The molecule has 0 spiro atoms. The minimum atomic E-state index is -0.814. The van der Waals surface area contributed by atoms with Crippen molar-refractivity contribution in [1.29, 1.82) is 0 Å². The fraction of sp³-hybridized carbons (Fsp3) is 0.143. The Bertz CT molecular complexity index is 557. The van der Waals surface area contributed by atoms with Crippen LogP contribution in [-0.2, 0) is 0 Å². The molecular formula is C14H12BrClO2. The molecule has 0 heterocycles. The van der Waals surface area contributed by atoms with Crippen LogP contribution in [0.2, 0.25) is 5.02 Å². The van der Waals surface area contributed by atoms with Gasteiger partial charge in [0.25, 0.3) is 0 Å². The molecule has 0 saturated carbocycles. The van der Waals surface area contributed by atoms with E-state index in [9.17, 15) is 5.11 Å². The summed E-state index contributed by atoms with van der Waals surface area (Å²) in [5.41, 5.74) is 1.34. The molecule has 2 rings (SSSR count).